The minimum atomic E-state index is -0.978. The first-order valence-corrected chi connectivity index (χ1v) is 22.5. The molecule has 2 aromatic carbocycles. The van der Waals surface area contributed by atoms with E-state index >= 15 is 8.78 Å². The van der Waals surface area contributed by atoms with Gasteiger partial charge < -0.3 is 24.4 Å². The number of hydrogen-bond acceptors (Lipinski definition) is 9. The number of hydrogen-bond donors (Lipinski definition) is 1. The van der Waals surface area contributed by atoms with Crippen LogP contribution >= 0.6 is 0 Å². The standard InChI is InChI=1S/C49H64F2N6O4/c1-8-39-42(51)19-13-33-23-38(58)25-41(45(33)39)32-12-18-40-43(24-32)52-47(53-46(40)54(7)28-37-11-10-20-56(37)44(59)9-2)61-30-49(48(4,5)6)26-34(50)27-57(49)36-16-14-35(15-17-36)55-21-22-60-29-31(55)3/h1,9,13,19,23,25,31-32,34-37,58H,2,10-12,14-18,20-22,24,26-30H2,3-7H3/t31-,32-,34+,35?,36?,37-,49-/m0/s1. The van der Waals surface area contributed by atoms with E-state index in [0.717, 1.165) is 80.9 Å². The Bertz CT molecular complexity index is 2160. The molecule has 5 aliphatic rings. The molecule has 10 nitrogen and oxygen atoms in total. The number of amides is 1. The third-order valence-electron chi connectivity index (χ3n) is 14.9. The number of terminal acetylenes is 1. The molecule has 1 aromatic heterocycles. The number of likely N-dealkylation sites (tertiary alicyclic amines) is 2. The molecule has 1 amide bonds. The van der Waals surface area contributed by atoms with Gasteiger partial charge >= 0.3 is 6.01 Å². The van der Waals surface area contributed by atoms with Crippen molar-refractivity contribution in [2.45, 2.75) is 134 Å². The maximum absolute atomic E-state index is 16.0. The van der Waals surface area contributed by atoms with E-state index < -0.39 is 17.5 Å². The molecule has 1 N–H and O–H groups in total. The number of alkyl halides is 1. The normalized spacial score (nSPS) is 28.7. The molecule has 3 saturated heterocycles. The number of aromatic nitrogens is 2. The van der Waals surface area contributed by atoms with Crippen molar-refractivity contribution >= 4 is 22.5 Å². The summed E-state index contributed by atoms with van der Waals surface area (Å²) in [6.07, 6.45) is 14.4. The highest BCUT2D eigenvalue weighted by Crippen LogP contribution is 2.49. The van der Waals surface area contributed by atoms with Crippen molar-refractivity contribution in [3.8, 4) is 24.1 Å². The lowest BCUT2D eigenvalue weighted by atomic mass is 9.71. The van der Waals surface area contributed by atoms with Crippen LogP contribution in [0.2, 0.25) is 0 Å². The van der Waals surface area contributed by atoms with E-state index in [-0.39, 0.29) is 53.3 Å². The van der Waals surface area contributed by atoms with Crippen molar-refractivity contribution in [1.82, 2.24) is 24.7 Å². The largest absolute Gasteiger partial charge is 0.508 e. The molecule has 61 heavy (non-hydrogen) atoms. The number of rotatable bonds is 10. The average molecular weight is 839 g/mol. The zero-order valence-electron chi connectivity index (χ0n) is 36.8. The number of carbonyl (C=O) groups is 1. The molecule has 2 aliphatic carbocycles. The van der Waals surface area contributed by atoms with Gasteiger partial charge in [0.15, 0.2) is 0 Å². The highest BCUT2D eigenvalue weighted by Gasteiger charge is 2.56. The monoisotopic (exact) mass is 838 g/mol. The van der Waals surface area contributed by atoms with E-state index in [1.165, 1.54) is 12.1 Å². The lowest BCUT2D eigenvalue weighted by Gasteiger charge is -2.52. The first-order chi connectivity index (χ1) is 29.2. The fraction of sp³-hybridized carbons (Fsp3) is 0.612. The van der Waals surface area contributed by atoms with Gasteiger partial charge in [-0.1, -0.05) is 39.3 Å². The van der Waals surface area contributed by atoms with Crippen molar-refractivity contribution < 1.29 is 28.2 Å². The Kier molecular flexibility index (Phi) is 12.4. The molecule has 1 saturated carbocycles. The predicted octanol–water partition coefficient (Wildman–Crippen LogP) is 7.58. The first kappa shape index (κ1) is 43.3. The molecule has 0 unspecified atom stereocenters. The maximum atomic E-state index is 16.0. The number of likely N-dealkylation sites (N-methyl/N-ethyl adjacent to an activating group) is 1. The molecule has 12 heteroatoms. The second-order valence-corrected chi connectivity index (χ2v) is 19.5. The van der Waals surface area contributed by atoms with Crippen molar-refractivity contribution in [2.24, 2.45) is 5.41 Å². The Balaban J connectivity index is 1.11. The van der Waals surface area contributed by atoms with Crippen molar-refractivity contribution in [3.63, 3.8) is 0 Å². The minimum absolute atomic E-state index is 0.00296. The molecule has 0 bridgehead atoms. The Hall–Kier alpha value is -4.31. The smallest absolute Gasteiger partial charge is 0.318 e. The van der Waals surface area contributed by atoms with E-state index in [1.807, 2.05) is 11.9 Å². The first-order valence-electron chi connectivity index (χ1n) is 22.5. The molecule has 4 heterocycles. The number of halogens is 2. The van der Waals surface area contributed by atoms with Gasteiger partial charge in [-0.05, 0) is 111 Å². The predicted molar refractivity (Wildman–Crippen MR) is 235 cm³/mol. The minimum Gasteiger partial charge on any atom is -0.508 e. The van der Waals surface area contributed by atoms with Gasteiger partial charge in [-0.15, -0.1) is 6.42 Å². The number of nitrogens with zero attached hydrogens (tertiary/aromatic N) is 6. The van der Waals surface area contributed by atoms with Crippen LogP contribution in [-0.4, -0.2) is 125 Å². The Morgan fingerprint density at radius 2 is 1.92 bits per heavy atom. The molecular formula is C49H64F2N6O4. The van der Waals surface area contributed by atoms with Crippen molar-refractivity contribution in [1.29, 1.82) is 0 Å². The van der Waals surface area contributed by atoms with Crippen molar-refractivity contribution in [3.05, 3.63) is 65.1 Å². The number of anilines is 1. The van der Waals surface area contributed by atoms with Gasteiger partial charge in [0, 0.05) is 74.8 Å². The SMILES string of the molecule is C#Cc1c(F)ccc2cc(O)cc([C@H]3CCc4c(nc(OC[C@]5(C(C)(C)C)C[C@@H](F)CN5C5CCC(N6CCOC[C@@H]6C)CC5)nc4N(C)C[C@@H]4CCCN4C(=O)C=C)C3)c12. The van der Waals surface area contributed by atoms with Crippen LogP contribution in [0.3, 0.4) is 0 Å². The zero-order valence-corrected chi connectivity index (χ0v) is 36.8. The molecule has 4 fully saturated rings. The fourth-order valence-corrected chi connectivity index (χ4v) is 11.7. The van der Waals surface area contributed by atoms with Gasteiger partial charge in [-0.2, -0.15) is 9.97 Å². The summed E-state index contributed by atoms with van der Waals surface area (Å²) < 4.78 is 43.7. The Labute approximate surface area is 360 Å². The quantitative estimate of drug-likeness (QED) is 0.164. The van der Waals surface area contributed by atoms with Crippen LogP contribution in [0, 0.1) is 23.6 Å². The number of morpholine rings is 1. The van der Waals surface area contributed by atoms with Gasteiger partial charge in [0.05, 0.1) is 30.0 Å². The van der Waals surface area contributed by atoms with Gasteiger partial charge in [0.1, 0.15) is 30.2 Å². The zero-order chi connectivity index (χ0) is 43.2. The molecular weight excluding hydrogens is 775 g/mol. The van der Waals surface area contributed by atoms with Crippen LogP contribution in [-0.2, 0) is 22.4 Å². The molecule has 0 spiro atoms. The summed E-state index contributed by atoms with van der Waals surface area (Å²) >= 11 is 0. The Morgan fingerprint density at radius 3 is 2.64 bits per heavy atom. The number of aromatic hydroxyl groups is 1. The Morgan fingerprint density at radius 1 is 1.15 bits per heavy atom. The summed E-state index contributed by atoms with van der Waals surface area (Å²) in [6.45, 7) is 17.0. The lowest BCUT2D eigenvalue weighted by Crippen LogP contribution is -2.61. The van der Waals surface area contributed by atoms with Crippen molar-refractivity contribution in [2.75, 3.05) is 57.9 Å². The summed E-state index contributed by atoms with van der Waals surface area (Å²) in [5.41, 5.74) is 1.86. The van der Waals surface area contributed by atoms with E-state index in [4.69, 9.17) is 25.9 Å². The number of carbonyl (C=O) groups excluding carboxylic acids is 1. The van der Waals surface area contributed by atoms with E-state index in [0.29, 0.717) is 68.2 Å². The van der Waals surface area contributed by atoms with Crippen LogP contribution < -0.4 is 9.64 Å². The van der Waals surface area contributed by atoms with E-state index in [1.54, 1.807) is 18.2 Å². The van der Waals surface area contributed by atoms with Gasteiger partial charge in [-0.3, -0.25) is 14.6 Å². The molecule has 3 aliphatic heterocycles. The summed E-state index contributed by atoms with van der Waals surface area (Å²) in [7, 11) is 2.01. The number of phenols is 1. The lowest BCUT2D eigenvalue weighted by molar-refractivity contribution is -0.126. The van der Waals surface area contributed by atoms with Crippen LogP contribution in [0.5, 0.6) is 11.8 Å². The topological polar surface area (TPSA) is 94.5 Å². The third-order valence-corrected chi connectivity index (χ3v) is 14.9. The fourth-order valence-electron chi connectivity index (χ4n) is 11.7. The van der Waals surface area contributed by atoms with Gasteiger partial charge in [0.25, 0.3) is 0 Å². The molecule has 5 atom stereocenters. The number of benzene rings is 2. The second-order valence-electron chi connectivity index (χ2n) is 19.5. The highest BCUT2D eigenvalue weighted by atomic mass is 19.1. The molecule has 8 rings (SSSR count). The summed E-state index contributed by atoms with van der Waals surface area (Å²) in [6, 6.07) is 7.73. The summed E-state index contributed by atoms with van der Waals surface area (Å²) in [4.78, 5) is 32.2. The molecule has 328 valence electrons. The van der Waals surface area contributed by atoms with Crippen LogP contribution in [0.1, 0.15) is 107 Å². The van der Waals surface area contributed by atoms with Gasteiger partial charge in [0.2, 0.25) is 5.91 Å². The third kappa shape index (κ3) is 8.35. The van der Waals surface area contributed by atoms with Crippen LogP contribution in [0.4, 0.5) is 14.6 Å². The number of ether oxygens (including phenoxy) is 2. The number of fused-ring (bicyclic) bond motifs is 2. The second kappa shape index (κ2) is 17.5. The van der Waals surface area contributed by atoms with Gasteiger partial charge in [-0.25, -0.2) is 8.78 Å². The highest BCUT2D eigenvalue weighted by molar-refractivity contribution is 5.93. The van der Waals surface area contributed by atoms with Crippen LogP contribution in [0.15, 0.2) is 36.9 Å². The van der Waals surface area contributed by atoms with Crippen LogP contribution in [0.25, 0.3) is 10.8 Å². The molecule has 3 aromatic rings. The average Bonchev–Trinajstić information content (AvgIpc) is 3.86. The van der Waals surface area contributed by atoms with E-state index in [2.05, 4.69) is 54.9 Å². The summed E-state index contributed by atoms with van der Waals surface area (Å²) in [5.74, 6) is 2.74. The molecule has 0 radical (unpaired) electrons. The maximum Gasteiger partial charge on any atom is 0.318 e. The number of phenolic OH excluding ortho intramolecular Hbond substituents is 1. The van der Waals surface area contributed by atoms with E-state index in [9.17, 15) is 9.90 Å². The summed E-state index contributed by atoms with van der Waals surface area (Å²) in [5, 5.41) is 12.2.